The molecule has 4 rings (SSSR count). The van der Waals surface area contributed by atoms with E-state index in [2.05, 4.69) is 35.9 Å². The summed E-state index contributed by atoms with van der Waals surface area (Å²) in [6, 6.07) is 22.0. The third-order valence-electron chi connectivity index (χ3n) is 4.49. The van der Waals surface area contributed by atoms with Crippen LogP contribution in [0.15, 0.2) is 76.1 Å². The van der Waals surface area contributed by atoms with Gasteiger partial charge in [-0.3, -0.25) is 0 Å². The maximum Gasteiger partial charge on any atom is 0.155 e. The summed E-state index contributed by atoms with van der Waals surface area (Å²) in [5.74, 6) is 0.742. The first-order valence-electron chi connectivity index (χ1n) is 8.96. The molecule has 1 heterocycles. The molecule has 130 valence electrons. The molecule has 4 nitrogen and oxygen atoms in total. The highest BCUT2D eigenvalue weighted by molar-refractivity contribution is 5.80. The van der Waals surface area contributed by atoms with E-state index in [0.29, 0.717) is 0 Å². The van der Waals surface area contributed by atoms with Crippen LogP contribution in [-0.4, -0.2) is 18.1 Å². The minimum absolute atomic E-state index is 0.742. The second-order valence-electron chi connectivity index (χ2n) is 6.14. The van der Waals surface area contributed by atoms with Gasteiger partial charge in [0.2, 0.25) is 0 Å². The van der Waals surface area contributed by atoms with Gasteiger partial charge in [-0.1, -0.05) is 18.2 Å². The van der Waals surface area contributed by atoms with Crippen LogP contribution in [0, 0.1) is 0 Å². The van der Waals surface area contributed by atoms with E-state index in [1.807, 2.05) is 54.6 Å². The van der Waals surface area contributed by atoms with E-state index in [4.69, 9.17) is 9.40 Å². The second kappa shape index (κ2) is 7.00. The minimum atomic E-state index is 0.742. The number of rotatable bonds is 4. The molecule has 0 radical (unpaired) electrons. The lowest BCUT2D eigenvalue weighted by molar-refractivity contribution is 0.612. The molecular formula is C22H21N3O. The molecule has 26 heavy (non-hydrogen) atoms. The van der Waals surface area contributed by atoms with Crippen LogP contribution in [0.3, 0.4) is 0 Å². The average Bonchev–Trinajstić information content (AvgIpc) is 2.68. The van der Waals surface area contributed by atoms with Crippen LogP contribution in [0.2, 0.25) is 0 Å². The molecule has 0 unspecified atom stereocenters. The Morgan fingerprint density at radius 2 is 1.73 bits per heavy atom. The lowest BCUT2D eigenvalue weighted by Crippen LogP contribution is -2.21. The van der Waals surface area contributed by atoms with Crippen LogP contribution >= 0.6 is 0 Å². The number of aromatic nitrogens is 1. The highest BCUT2D eigenvalue weighted by Crippen LogP contribution is 2.27. The zero-order chi connectivity index (χ0) is 17.9. The zero-order valence-electron chi connectivity index (χ0n) is 15.0. The van der Waals surface area contributed by atoms with Crippen LogP contribution in [0.25, 0.3) is 22.6 Å². The van der Waals surface area contributed by atoms with Crippen molar-refractivity contribution in [1.29, 1.82) is 0 Å². The number of fused-ring (bicyclic) bond motifs is 2. The molecular weight excluding hydrogens is 322 g/mol. The van der Waals surface area contributed by atoms with E-state index < -0.39 is 0 Å². The van der Waals surface area contributed by atoms with Crippen LogP contribution < -0.4 is 10.3 Å². The summed E-state index contributed by atoms with van der Waals surface area (Å²) in [5.41, 5.74) is 4.56. The molecule has 0 saturated carbocycles. The van der Waals surface area contributed by atoms with Crippen molar-refractivity contribution in [2.75, 3.05) is 18.0 Å². The molecule has 2 aromatic carbocycles. The van der Waals surface area contributed by atoms with Crippen molar-refractivity contribution >= 4 is 22.5 Å². The molecule has 0 saturated heterocycles. The van der Waals surface area contributed by atoms with Crippen molar-refractivity contribution in [1.82, 2.24) is 4.98 Å². The molecule has 4 heteroatoms. The fraction of sp³-hybridized carbons (Fsp3) is 0.182. The fourth-order valence-electron chi connectivity index (χ4n) is 3.11. The van der Waals surface area contributed by atoms with Gasteiger partial charge in [-0.05, 0) is 50.2 Å². The van der Waals surface area contributed by atoms with Crippen LogP contribution in [0.1, 0.15) is 13.8 Å². The van der Waals surface area contributed by atoms with E-state index in [0.717, 1.165) is 52.4 Å². The number of anilines is 1. The van der Waals surface area contributed by atoms with Crippen LogP contribution in [0.4, 0.5) is 11.4 Å². The molecule has 2 aromatic rings. The molecule has 0 atom stereocenters. The largest absolute Gasteiger partial charge is 0.453 e. The van der Waals surface area contributed by atoms with Gasteiger partial charge in [0.15, 0.2) is 11.3 Å². The fourth-order valence-corrected chi connectivity index (χ4v) is 3.11. The van der Waals surface area contributed by atoms with Gasteiger partial charge >= 0.3 is 0 Å². The summed E-state index contributed by atoms with van der Waals surface area (Å²) in [6.45, 7) is 6.23. The molecule has 0 amide bonds. The van der Waals surface area contributed by atoms with Gasteiger partial charge < -0.3 is 9.32 Å². The molecule has 1 aliphatic carbocycles. The Bertz CT molecular complexity index is 1070. The molecule has 0 N–H and O–H groups in total. The Morgan fingerprint density at radius 1 is 0.923 bits per heavy atom. The third-order valence-corrected chi connectivity index (χ3v) is 4.49. The smallest absolute Gasteiger partial charge is 0.155 e. The number of nitrogens with zero attached hydrogens (tertiary/aromatic N) is 3. The van der Waals surface area contributed by atoms with E-state index in [9.17, 15) is 0 Å². The summed E-state index contributed by atoms with van der Waals surface area (Å²) in [6.07, 6.45) is 0. The van der Waals surface area contributed by atoms with Gasteiger partial charge in [0.25, 0.3) is 0 Å². The summed E-state index contributed by atoms with van der Waals surface area (Å²) in [5, 5.41) is 0.855. The summed E-state index contributed by atoms with van der Waals surface area (Å²) >= 11 is 0. The molecule has 0 aromatic heterocycles. The highest BCUT2D eigenvalue weighted by Gasteiger charge is 2.10. The topological polar surface area (TPSA) is 41.6 Å². The van der Waals surface area contributed by atoms with Gasteiger partial charge in [0.1, 0.15) is 11.2 Å². The van der Waals surface area contributed by atoms with E-state index >= 15 is 0 Å². The Hall–Kier alpha value is -3.14. The Kier molecular flexibility index (Phi) is 4.40. The zero-order valence-corrected chi connectivity index (χ0v) is 15.0. The summed E-state index contributed by atoms with van der Waals surface area (Å²) in [4.78, 5) is 11.7. The van der Waals surface area contributed by atoms with E-state index in [1.165, 1.54) is 0 Å². The van der Waals surface area contributed by atoms with E-state index in [1.54, 1.807) is 0 Å². The monoisotopic (exact) mass is 343 g/mol. The normalized spacial score (nSPS) is 12.0. The Labute approximate surface area is 152 Å². The average molecular weight is 343 g/mol. The quantitative estimate of drug-likeness (QED) is 0.489. The predicted octanol–water partition coefficient (Wildman–Crippen LogP) is 5.01. The lowest BCUT2D eigenvalue weighted by Gasteiger charge is -2.21. The number of para-hydroxylation sites is 1. The van der Waals surface area contributed by atoms with Crippen molar-refractivity contribution in [3.8, 4) is 11.5 Å². The molecule has 2 aliphatic rings. The molecule has 0 fully saturated rings. The van der Waals surface area contributed by atoms with Crippen LogP contribution in [0.5, 0.6) is 0 Å². The first-order chi connectivity index (χ1) is 12.8. The highest BCUT2D eigenvalue weighted by atomic mass is 16.3. The minimum Gasteiger partial charge on any atom is -0.453 e. The predicted molar refractivity (Wildman–Crippen MR) is 106 cm³/mol. The van der Waals surface area contributed by atoms with Crippen LogP contribution in [-0.2, 0) is 0 Å². The van der Waals surface area contributed by atoms with Crippen molar-refractivity contribution in [2.24, 2.45) is 4.99 Å². The van der Waals surface area contributed by atoms with E-state index in [-0.39, 0.29) is 0 Å². The number of benzene rings is 3. The van der Waals surface area contributed by atoms with Gasteiger partial charge in [-0.15, -0.1) is 0 Å². The van der Waals surface area contributed by atoms with Crippen molar-refractivity contribution in [3.05, 3.63) is 72.1 Å². The Balaban J connectivity index is 1.83. The summed E-state index contributed by atoms with van der Waals surface area (Å²) < 4.78 is 6.16. The lowest BCUT2D eigenvalue weighted by atomic mass is 10.2. The maximum absolute atomic E-state index is 6.16. The molecule has 1 aliphatic heterocycles. The van der Waals surface area contributed by atoms with Gasteiger partial charge in [0, 0.05) is 30.9 Å². The standard InChI is InChI=1S/C22H21N3O/c1-3-25(4-2)18-11-13-20-22(15-18)26-21-14-17(10-12-19(21)24-20)23-16-8-6-5-7-9-16/h5-15H,3-4H2,1-2H3/b23-17+. The van der Waals surface area contributed by atoms with Gasteiger partial charge in [-0.25, -0.2) is 9.98 Å². The van der Waals surface area contributed by atoms with Crippen molar-refractivity contribution < 1.29 is 4.42 Å². The number of hydrogen-bond donors (Lipinski definition) is 0. The van der Waals surface area contributed by atoms with Gasteiger partial charge in [-0.2, -0.15) is 0 Å². The first kappa shape index (κ1) is 16.3. The SMILES string of the molecule is CCN(CC)c1ccc2nc3cc/c(=N\c4ccccc4)cc-3oc2c1. The van der Waals surface area contributed by atoms with Crippen molar-refractivity contribution in [3.63, 3.8) is 0 Å². The molecule has 0 bridgehead atoms. The summed E-state index contributed by atoms with van der Waals surface area (Å²) in [7, 11) is 0. The first-order valence-corrected chi connectivity index (χ1v) is 8.96. The molecule has 0 spiro atoms. The number of hydrogen-bond acceptors (Lipinski definition) is 4. The maximum atomic E-state index is 6.16. The Morgan fingerprint density at radius 3 is 2.50 bits per heavy atom. The van der Waals surface area contributed by atoms with Gasteiger partial charge in [0.05, 0.1) is 11.0 Å². The van der Waals surface area contributed by atoms with Crippen molar-refractivity contribution in [2.45, 2.75) is 13.8 Å². The second-order valence-corrected chi connectivity index (χ2v) is 6.14. The third kappa shape index (κ3) is 3.18.